The van der Waals surface area contributed by atoms with E-state index in [0.717, 1.165) is 5.56 Å². The van der Waals surface area contributed by atoms with E-state index < -0.39 is 57.6 Å². The van der Waals surface area contributed by atoms with Gasteiger partial charge in [0.2, 0.25) is 11.8 Å². The molecule has 1 fully saturated rings. The van der Waals surface area contributed by atoms with Crippen molar-refractivity contribution < 1.29 is 27.0 Å². The van der Waals surface area contributed by atoms with Gasteiger partial charge < -0.3 is 10.6 Å². The van der Waals surface area contributed by atoms with Crippen molar-refractivity contribution in [3.8, 4) is 0 Å². The maximum Gasteiger partial charge on any atom is 0.239 e. The number of amides is 2. The highest BCUT2D eigenvalue weighted by atomic mass is 32.2. The molecule has 7 nitrogen and oxygen atoms in total. The summed E-state index contributed by atoms with van der Waals surface area (Å²) in [4.78, 5) is 28.6. The molecule has 1 aliphatic rings. The summed E-state index contributed by atoms with van der Waals surface area (Å²) in [6, 6.07) is 3.79. The molecule has 172 valence electrons. The van der Waals surface area contributed by atoms with Gasteiger partial charge in [-0.3, -0.25) is 14.6 Å². The monoisotopic (exact) mass is 468 g/mol. The largest absolute Gasteiger partial charge is 0.350 e. The van der Waals surface area contributed by atoms with Gasteiger partial charge in [-0.1, -0.05) is 12.5 Å². The Bertz CT molecular complexity index is 971. The molecule has 2 N–H and O–H groups in total. The average molecular weight is 469 g/mol. The SMILES string of the molecule is O=C(CNC(=O)C1CCCCN1S(=O)Cc1c(F)cc(F)cc1F)NCc1cccnc1. The molecule has 0 radical (unpaired) electrons. The first kappa shape index (κ1) is 23.9. The minimum atomic E-state index is -1.92. The first-order chi connectivity index (χ1) is 15.3. The Kier molecular flexibility index (Phi) is 8.34. The van der Waals surface area contributed by atoms with Gasteiger partial charge in [0.1, 0.15) is 23.5 Å². The van der Waals surface area contributed by atoms with E-state index in [-0.39, 0.29) is 13.1 Å². The maximum absolute atomic E-state index is 13.9. The first-order valence-corrected chi connectivity index (χ1v) is 11.3. The van der Waals surface area contributed by atoms with Gasteiger partial charge in [-0.25, -0.2) is 21.7 Å². The van der Waals surface area contributed by atoms with Gasteiger partial charge in [0.25, 0.3) is 0 Å². The number of hydrogen-bond acceptors (Lipinski definition) is 4. The number of rotatable bonds is 8. The minimum Gasteiger partial charge on any atom is -0.350 e. The van der Waals surface area contributed by atoms with Gasteiger partial charge >= 0.3 is 0 Å². The van der Waals surface area contributed by atoms with Crippen LogP contribution in [-0.2, 0) is 32.9 Å². The molecule has 0 bridgehead atoms. The zero-order valence-electron chi connectivity index (χ0n) is 17.2. The molecule has 3 rings (SSSR count). The fourth-order valence-electron chi connectivity index (χ4n) is 3.38. The highest BCUT2D eigenvalue weighted by molar-refractivity contribution is 7.81. The minimum absolute atomic E-state index is 0.261. The second-order valence-electron chi connectivity index (χ2n) is 7.32. The predicted molar refractivity (Wildman–Crippen MR) is 112 cm³/mol. The Labute approximate surface area is 186 Å². The third-order valence-corrected chi connectivity index (χ3v) is 6.52. The van der Waals surface area contributed by atoms with Crippen LogP contribution >= 0.6 is 0 Å². The zero-order chi connectivity index (χ0) is 23.1. The number of nitrogens with one attached hydrogen (secondary N) is 2. The molecule has 0 saturated carbocycles. The molecule has 1 aliphatic heterocycles. The molecule has 2 unspecified atom stereocenters. The van der Waals surface area contributed by atoms with Gasteiger partial charge in [0, 0.05) is 43.2 Å². The number of nitrogens with zero attached hydrogens (tertiary/aromatic N) is 2. The molecule has 2 aromatic rings. The summed E-state index contributed by atoms with van der Waals surface area (Å²) < 4.78 is 55.2. The third-order valence-electron chi connectivity index (χ3n) is 5.03. The summed E-state index contributed by atoms with van der Waals surface area (Å²) >= 11 is 0. The van der Waals surface area contributed by atoms with Crippen molar-refractivity contribution in [3.63, 3.8) is 0 Å². The number of halogens is 3. The lowest BCUT2D eigenvalue weighted by Crippen LogP contribution is -2.51. The van der Waals surface area contributed by atoms with Crippen molar-refractivity contribution in [1.82, 2.24) is 19.9 Å². The highest BCUT2D eigenvalue weighted by Gasteiger charge is 2.33. The van der Waals surface area contributed by atoms with Gasteiger partial charge in [0.15, 0.2) is 0 Å². The van der Waals surface area contributed by atoms with E-state index in [1.54, 1.807) is 24.5 Å². The summed E-state index contributed by atoms with van der Waals surface area (Å²) in [6.45, 7) is 0.288. The standard InChI is InChI=1S/C21H23F3N4O3S/c22-15-8-17(23)16(18(24)9-15)13-32(31)28-7-2-1-5-19(28)21(30)27-12-20(29)26-11-14-4-3-6-25-10-14/h3-4,6,8-10,19H,1-2,5,7,11-13H2,(H,26,29)(H,27,30). The highest BCUT2D eigenvalue weighted by Crippen LogP contribution is 2.23. The quantitative estimate of drug-likeness (QED) is 0.620. The maximum atomic E-state index is 13.9. The lowest BCUT2D eigenvalue weighted by molar-refractivity contribution is -0.129. The van der Waals surface area contributed by atoms with Crippen LogP contribution in [0.25, 0.3) is 0 Å². The van der Waals surface area contributed by atoms with Crippen LogP contribution in [0.3, 0.4) is 0 Å². The number of piperidine rings is 1. The van der Waals surface area contributed by atoms with Gasteiger partial charge in [-0.2, -0.15) is 0 Å². The summed E-state index contributed by atoms with van der Waals surface area (Å²) in [5.74, 6) is -4.73. The number of hydrogen-bond donors (Lipinski definition) is 2. The molecule has 1 aromatic heterocycles. The molecule has 11 heteroatoms. The molecule has 1 aromatic carbocycles. The Morgan fingerprint density at radius 2 is 1.91 bits per heavy atom. The van der Waals surface area contributed by atoms with Crippen LogP contribution in [0.1, 0.15) is 30.4 Å². The van der Waals surface area contributed by atoms with Crippen molar-refractivity contribution >= 4 is 22.8 Å². The second kappa shape index (κ2) is 11.2. The Morgan fingerprint density at radius 3 is 2.59 bits per heavy atom. The molecule has 2 atom stereocenters. The van der Waals surface area contributed by atoms with Crippen molar-refractivity contribution in [2.75, 3.05) is 13.1 Å². The van der Waals surface area contributed by atoms with Crippen LogP contribution in [0.5, 0.6) is 0 Å². The molecule has 0 spiro atoms. The molecule has 2 amide bonds. The number of pyridine rings is 1. The molecule has 32 heavy (non-hydrogen) atoms. The molecule has 1 saturated heterocycles. The fourth-order valence-corrected chi connectivity index (χ4v) is 4.88. The predicted octanol–water partition coefficient (Wildman–Crippen LogP) is 1.95. The van der Waals surface area contributed by atoms with Crippen molar-refractivity contribution in [2.24, 2.45) is 0 Å². The Hall–Kier alpha value is -2.79. The molecule has 2 heterocycles. The van der Waals surface area contributed by atoms with E-state index in [1.165, 1.54) is 4.31 Å². The summed E-state index contributed by atoms with van der Waals surface area (Å²) in [6.07, 6.45) is 4.99. The van der Waals surface area contributed by atoms with E-state index >= 15 is 0 Å². The van der Waals surface area contributed by atoms with E-state index in [0.29, 0.717) is 37.9 Å². The van der Waals surface area contributed by atoms with E-state index in [4.69, 9.17) is 0 Å². The summed E-state index contributed by atoms with van der Waals surface area (Å²) in [7, 11) is -1.92. The smallest absolute Gasteiger partial charge is 0.239 e. The average Bonchev–Trinajstić information content (AvgIpc) is 2.79. The van der Waals surface area contributed by atoms with Crippen LogP contribution in [0.2, 0.25) is 0 Å². The van der Waals surface area contributed by atoms with E-state index in [9.17, 15) is 27.0 Å². The second-order valence-corrected chi connectivity index (χ2v) is 8.72. The van der Waals surface area contributed by atoms with Crippen molar-refractivity contribution in [1.29, 1.82) is 0 Å². The van der Waals surface area contributed by atoms with Gasteiger partial charge in [-0.05, 0) is 24.5 Å². The number of carbonyl (C=O) groups is 2. The molecular formula is C21H23F3N4O3S. The van der Waals surface area contributed by atoms with Crippen LogP contribution < -0.4 is 10.6 Å². The van der Waals surface area contributed by atoms with Crippen LogP contribution in [0.4, 0.5) is 13.2 Å². The Morgan fingerprint density at radius 1 is 1.16 bits per heavy atom. The fraction of sp³-hybridized carbons (Fsp3) is 0.381. The van der Waals surface area contributed by atoms with Crippen molar-refractivity contribution in [3.05, 3.63) is 65.2 Å². The van der Waals surface area contributed by atoms with Gasteiger partial charge in [-0.15, -0.1) is 0 Å². The number of carbonyl (C=O) groups excluding carboxylic acids is 2. The first-order valence-electron chi connectivity index (χ1n) is 10.1. The normalized spacial score (nSPS) is 17.5. The van der Waals surface area contributed by atoms with Crippen LogP contribution in [-0.4, -0.2) is 44.4 Å². The van der Waals surface area contributed by atoms with Gasteiger partial charge in [0.05, 0.1) is 23.3 Å². The topological polar surface area (TPSA) is 91.4 Å². The summed E-state index contributed by atoms with van der Waals surface area (Å²) in [5.41, 5.74) is 0.311. The lowest BCUT2D eigenvalue weighted by Gasteiger charge is -2.33. The number of benzene rings is 1. The molecule has 0 aliphatic carbocycles. The molecular weight excluding hydrogens is 445 g/mol. The summed E-state index contributed by atoms with van der Waals surface area (Å²) in [5, 5.41) is 5.19. The van der Waals surface area contributed by atoms with E-state index in [2.05, 4.69) is 15.6 Å². The lowest BCUT2D eigenvalue weighted by atomic mass is 10.0. The van der Waals surface area contributed by atoms with Crippen LogP contribution in [0, 0.1) is 17.5 Å². The van der Waals surface area contributed by atoms with E-state index in [1.807, 2.05) is 0 Å². The third kappa shape index (κ3) is 6.36. The number of aromatic nitrogens is 1. The van der Waals surface area contributed by atoms with Crippen LogP contribution in [0.15, 0.2) is 36.7 Å². The van der Waals surface area contributed by atoms with Crippen molar-refractivity contribution in [2.45, 2.75) is 37.6 Å². The Balaban J connectivity index is 1.56. The zero-order valence-corrected chi connectivity index (χ0v) is 18.0.